The molecule has 0 unspecified atom stereocenters. The first-order chi connectivity index (χ1) is 11.2. The number of hydrogen-bond acceptors (Lipinski definition) is 6. The van der Waals surface area contributed by atoms with E-state index in [1.165, 1.54) is 0 Å². The Morgan fingerprint density at radius 1 is 1.04 bits per heavy atom. The Kier molecular flexibility index (Phi) is 4.63. The van der Waals surface area contributed by atoms with E-state index in [1.54, 1.807) is 18.4 Å². The molecular formula is C17H18N4O2. The van der Waals surface area contributed by atoms with Crippen molar-refractivity contribution in [2.24, 2.45) is 0 Å². The molecule has 0 atom stereocenters. The van der Waals surface area contributed by atoms with Gasteiger partial charge in [-0.3, -0.25) is 0 Å². The zero-order valence-corrected chi connectivity index (χ0v) is 13.1. The van der Waals surface area contributed by atoms with Crippen molar-refractivity contribution in [1.82, 2.24) is 20.1 Å². The lowest BCUT2D eigenvalue weighted by molar-refractivity contribution is 0.253. The van der Waals surface area contributed by atoms with Gasteiger partial charge < -0.3 is 14.1 Å². The van der Waals surface area contributed by atoms with Gasteiger partial charge in [0.15, 0.2) is 11.5 Å². The van der Waals surface area contributed by atoms with Crippen LogP contribution >= 0.6 is 0 Å². The lowest BCUT2D eigenvalue weighted by Crippen LogP contribution is -2.20. The summed E-state index contributed by atoms with van der Waals surface area (Å²) in [5.74, 6) is 1.43. The van der Waals surface area contributed by atoms with Gasteiger partial charge in [0.25, 0.3) is 0 Å². The predicted octanol–water partition coefficient (Wildman–Crippen LogP) is 2.74. The molecule has 0 radical (unpaired) electrons. The Morgan fingerprint density at radius 3 is 2.57 bits per heavy atom. The molecule has 0 N–H and O–H groups in total. The SMILES string of the molecule is CN(C)CCOc1nc(-c2ccco2)nnc1-c1ccccc1. The minimum atomic E-state index is 0.412. The molecular weight excluding hydrogens is 292 g/mol. The molecule has 2 heterocycles. The van der Waals surface area contributed by atoms with Gasteiger partial charge in [0, 0.05) is 12.1 Å². The van der Waals surface area contributed by atoms with E-state index in [0.717, 1.165) is 12.1 Å². The molecule has 0 saturated heterocycles. The molecule has 0 saturated carbocycles. The lowest BCUT2D eigenvalue weighted by Gasteiger charge is -2.12. The van der Waals surface area contributed by atoms with Crippen LogP contribution in [0, 0.1) is 0 Å². The van der Waals surface area contributed by atoms with E-state index in [-0.39, 0.29) is 0 Å². The summed E-state index contributed by atoms with van der Waals surface area (Å²) in [6, 6.07) is 13.3. The molecule has 6 nitrogen and oxygen atoms in total. The van der Waals surface area contributed by atoms with Crippen LogP contribution in [-0.2, 0) is 0 Å². The van der Waals surface area contributed by atoms with Crippen LogP contribution in [0.3, 0.4) is 0 Å². The summed E-state index contributed by atoms with van der Waals surface area (Å²) < 4.78 is 11.2. The third-order valence-electron chi connectivity index (χ3n) is 3.22. The van der Waals surface area contributed by atoms with E-state index in [4.69, 9.17) is 9.15 Å². The molecule has 23 heavy (non-hydrogen) atoms. The van der Waals surface area contributed by atoms with E-state index >= 15 is 0 Å². The van der Waals surface area contributed by atoms with Gasteiger partial charge in [0.2, 0.25) is 11.7 Å². The van der Waals surface area contributed by atoms with Crippen molar-refractivity contribution in [3.8, 4) is 28.7 Å². The molecule has 0 aliphatic heterocycles. The van der Waals surface area contributed by atoms with Crippen molar-refractivity contribution in [2.45, 2.75) is 0 Å². The van der Waals surface area contributed by atoms with Crippen molar-refractivity contribution in [3.63, 3.8) is 0 Å². The number of rotatable bonds is 6. The largest absolute Gasteiger partial charge is 0.475 e. The van der Waals surface area contributed by atoms with Gasteiger partial charge in [-0.2, -0.15) is 4.98 Å². The lowest BCUT2D eigenvalue weighted by atomic mass is 10.1. The maximum Gasteiger partial charge on any atom is 0.244 e. The van der Waals surface area contributed by atoms with Crippen LogP contribution in [0.2, 0.25) is 0 Å². The first-order valence-electron chi connectivity index (χ1n) is 7.35. The van der Waals surface area contributed by atoms with Crippen molar-refractivity contribution in [3.05, 3.63) is 48.7 Å². The Morgan fingerprint density at radius 2 is 1.87 bits per heavy atom. The summed E-state index contributed by atoms with van der Waals surface area (Å²) in [6.45, 7) is 1.30. The Bertz CT molecular complexity index is 743. The summed E-state index contributed by atoms with van der Waals surface area (Å²) >= 11 is 0. The van der Waals surface area contributed by atoms with Gasteiger partial charge in [0.05, 0.1) is 6.26 Å². The predicted molar refractivity (Wildman–Crippen MR) is 87.0 cm³/mol. The Hall–Kier alpha value is -2.73. The number of aromatic nitrogens is 3. The molecule has 0 aliphatic rings. The highest BCUT2D eigenvalue weighted by molar-refractivity contribution is 5.64. The van der Waals surface area contributed by atoms with E-state index in [2.05, 4.69) is 15.2 Å². The molecule has 118 valence electrons. The van der Waals surface area contributed by atoms with Gasteiger partial charge in [0.1, 0.15) is 6.61 Å². The monoisotopic (exact) mass is 310 g/mol. The average Bonchev–Trinajstić information content (AvgIpc) is 3.10. The van der Waals surface area contributed by atoms with Crippen LogP contribution in [0.5, 0.6) is 5.88 Å². The third-order valence-corrected chi connectivity index (χ3v) is 3.22. The van der Waals surface area contributed by atoms with Crippen molar-refractivity contribution in [2.75, 3.05) is 27.2 Å². The van der Waals surface area contributed by atoms with Gasteiger partial charge in [-0.15, -0.1) is 10.2 Å². The molecule has 1 aromatic carbocycles. The van der Waals surface area contributed by atoms with E-state index in [0.29, 0.717) is 29.8 Å². The summed E-state index contributed by atoms with van der Waals surface area (Å²) in [5.41, 5.74) is 1.54. The zero-order valence-electron chi connectivity index (χ0n) is 13.1. The Labute approximate surface area is 134 Å². The third kappa shape index (κ3) is 3.73. The molecule has 0 fully saturated rings. The molecule has 3 aromatic rings. The van der Waals surface area contributed by atoms with Gasteiger partial charge in [-0.25, -0.2) is 0 Å². The van der Waals surface area contributed by atoms with Gasteiger partial charge >= 0.3 is 0 Å². The molecule has 0 spiro atoms. The van der Waals surface area contributed by atoms with Crippen molar-refractivity contribution >= 4 is 0 Å². The van der Waals surface area contributed by atoms with Gasteiger partial charge in [-0.05, 0) is 26.2 Å². The first-order valence-corrected chi connectivity index (χ1v) is 7.35. The van der Waals surface area contributed by atoms with Crippen LogP contribution in [0.4, 0.5) is 0 Å². The fourth-order valence-corrected chi connectivity index (χ4v) is 2.02. The zero-order chi connectivity index (χ0) is 16.1. The maximum absolute atomic E-state index is 5.84. The molecule has 3 rings (SSSR count). The molecule has 2 aromatic heterocycles. The van der Waals surface area contributed by atoms with Crippen LogP contribution < -0.4 is 4.74 Å². The minimum absolute atomic E-state index is 0.412. The van der Waals surface area contributed by atoms with Crippen molar-refractivity contribution in [1.29, 1.82) is 0 Å². The second kappa shape index (κ2) is 7.02. The summed E-state index contributed by atoms with van der Waals surface area (Å²) in [5, 5.41) is 8.45. The highest BCUT2D eigenvalue weighted by Gasteiger charge is 2.15. The smallest absolute Gasteiger partial charge is 0.244 e. The van der Waals surface area contributed by atoms with Crippen LogP contribution in [0.15, 0.2) is 53.1 Å². The average molecular weight is 310 g/mol. The summed E-state index contributed by atoms with van der Waals surface area (Å²) in [6.07, 6.45) is 1.58. The quantitative estimate of drug-likeness (QED) is 0.697. The fraction of sp³-hybridized carbons (Fsp3) is 0.235. The second-order valence-corrected chi connectivity index (χ2v) is 5.28. The topological polar surface area (TPSA) is 64.3 Å². The normalized spacial score (nSPS) is 10.9. The number of nitrogens with zero attached hydrogens (tertiary/aromatic N) is 4. The van der Waals surface area contributed by atoms with E-state index in [1.807, 2.05) is 49.3 Å². The maximum atomic E-state index is 5.84. The number of likely N-dealkylation sites (N-methyl/N-ethyl adjacent to an activating group) is 1. The summed E-state index contributed by atoms with van der Waals surface area (Å²) in [4.78, 5) is 6.53. The second-order valence-electron chi connectivity index (χ2n) is 5.28. The first kappa shape index (κ1) is 15.2. The molecule has 0 aliphatic carbocycles. The standard InChI is InChI=1S/C17H18N4O2/c1-21(2)10-12-23-17-15(13-7-4-3-5-8-13)19-20-16(18-17)14-9-6-11-22-14/h3-9,11H,10,12H2,1-2H3. The molecule has 0 amide bonds. The van der Waals surface area contributed by atoms with E-state index < -0.39 is 0 Å². The highest BCUT2D eigenvalue weighted by atomic mass is 16.5. The number of furan rings is 1. The van der Waals surface area contributed by atoms with Crippen LogP contribution in [-0.4, -0.2) is 47.3 Å². The van der Waals surface area contributed by atoms with Gasteiger partial charge in [-0.1, -0.05) is 30.3 Å². The summed E-state index contributed by atoms with van der Waals surface area (Å²) in [7, 11) is 3.99. The number of ether oxygens (including phenoxy) is 1. The highest BCUT2D eigenvalue weighted by Crippen LogP contribution is 2.27. The van der Waals surface area contributed by atoms with Crippen LogP contribution in [0.25, 0.3) is 22.8 Å². The van der Waals surface area contributed by atoms with Crippen LogP contribution in [0.1, 0.15) is 0 Å². The fourth-order valence-electron chi connectivity index (χ4n) is 2.02. The number of hydrogen-bond donors (Lipinski definition) is 0. The van der Waals surface area contributed by atoms with E-state index in [9.17, 15) is 0 Å². The minimum Gasteiger partial charge on any atom is -0.475 e. The molecule has 0 bridgehead atoms. The number of benzene rings is 1. The molecule has 6 heteroatoms. The Balaban J connectivity index is 1.94. The van der Waals surface area contributed by atoms with Crippen molar-refractivity contribution < 1.29 is 9.15 Å².